The number of benzene rings is 1. The molecule has 0 atom stereocenters. The first kappa shape index (κ1) is 20.3. The van der Waals surface area contributed by atoms with Crippen LogP contribution in [-0.4, -0.2) is 42.5 Å². The van der Waals surface area contributed by atoms with Gasteiger partial charge in [-0.05, 0) is 44.7 Å². The molecule has 1 heterocycles. The molecule has 26 heavy (non-hydrogen) atoms. The highest BCUT2D eigenvalue weighted by molar-refractivity contribution is 5.77. The third-order valence-corrected chi connectivity index (χ3v) is 4.79. The second kappa shape index (κ2) is 10.8. The Hall–Kier alpha value is -2.04. The number of piperidine rings is 1. The van der Waals surface area contributed by atoms with Crippen LogP contribution in [0.4, 0.5) is 0 Å². The van der Waals surface area contributed by atoms with Crippen molar-refractivity contribution in [1.29, 1.82) is 0 Å². The molecule has 0 aliphatic carbocycles. The molecule has 1 fully saturated rings. The van der Waals surface area contributed by atoms with E-state index in [1.807, 2.05) is 36.1 Å². The summed E-state index contributed by atoms with van der Waals surface area (Å²) < 4.78 is 5.65. The van der Waals surface area contributed by atoms with E-state index < -0.39 is 0 Å². The van der Waals surface area contributed by atoms with Crippen molar-refractivity contribution in [1.82, 2.24) is 10.2 Å². The molecule has 0 unspecified atom stereocenters. The third kappa shape index (κ3) is 7.06. The van der Waals surface area contributed by atoms with Crippen LogP contribution in [0.15, 0.2) is 24.3 Å². The van der Waals surface area contributed by atoms with Gasteiger partial charge in [-0.2, -0.15) is 0 Å². The van der Waals surface area contributed by atoms with Gasteiger partial charge in [0.1, 0.15) is 5.75 Å². The molecule has 2 amide bonds. The first-order valence-corrected chi connectivity index (χ1v) is 9.85. The number of rotatable bonds is 9. The van der Waals surface area contributed by atoms with Gasteiger partial charge in [0.2, 0.25) is 11.8 Å². The monoisotopic (exact) mass is 360 g/mol. The molecule has 0 bridgehead atoms. The van der Waals surface area contributed by atoms with Crippen LogP contribution in [0.1, 0.15) is 57.4 Å². The first-order valence-electron chi connectivity index (χ1n) is 9.85. The summed E-state index contributed by atoms with van der Waals surface area (Å²) in [5.74, 6) is 1.18. The molecule has 1 aliphatic rings. The summed E-state index contributed by atoms with van der Waals surface area (Å²) in [5, 5.41) is 3.10. The van der Waals surface area contributed by atoms with Crippen LogP contribution in [0.3, 0.4) is 0 Å². The van der Waals surface area contributed by atoms with E-state index in [4.69, 9.17) is 4.74 Å². The fraction of sp³-hybridized carbons (Fsp3) is 0.619. The second-order valence-corrected chi connectivity index (χ2v) is 7.09. The number of ether oxygens (including phenoxy) is 1. The van der Waals surface area contributed by atoms with Gasteiger partial charge in [0.05, 0.1) is 6.61 Å². The fourth-order valence-corrected chi connectivity index (χ4v) is 3.12. The Morgan fingerprint density at radius 2 is 1.81 bits per heavy atom. The lowest BCUT2D eigenvalue weighted by Crippen LogP contribution is -2.46. The highest BCUT2D eigenvalue weighted by atomic mass is 16.5. The van der Waals surface area contributed by atoms with Crippen molar-refractivity contribution in [3.05, 3.63) is 29.8 Å². The predicted molar refractivity (Wildman–Crippen MR) is 103 cm³/mol. The highest BCUT2D eigenvalue weighted by Gasteiger charge is 2.23. The molecule has 0 radical (unpaired) electrons. The van der Waals surface area contributed by atoms with Gasteiger partial charge >= 0.3 is 0 Å². The van der Waals surface area contributed by atoms with Crippen LogP contribution in [0.5, 0.6) is 5.75 Å². The van der Waals surface area contributed by atoms with E-state index in [-0.39, 0.29) is 17.9 Å². The van der Waals surface area contributed by atoms with Crippen molar-refractivity contribution in [2.45, 2.75) is 64.8 Å². The summed E-state index contributed by atoms with van der Waals surface area (Å²) in [7, 11) is 0. The largest absolute Gasteiger partial charge is 0.494 e. The fourth-order valence-electron chi connectivity index (χ4n) is 3.12. The van der Waals surface area contributed by atoms with E-state index in [0.717, 1.165) is 44.5 Å². The number of likely N-dealkylation sites (tertiary alicyclic amines) is 1. The van der Waals surface area contributed by atoms with E-state index >= 15 is 0 Å². The normalized spacial score (nSPS) is 14.9. The van der Waals surface area contributed by atoms with Gasteiger partial charge in [0.25, 0.3) is 0 Å². The van der Waals surface area contributed by atoms with E-state index in [9.17, 15) is 9.59 Å². The topological polar surface area (TPSA) is 58.6 Å². The van der Waals surface area contributed by atoms with Crippen LogP contribution in [-0.2, 0) is 9.59 Å². The van der Waals surface area contributed by atoms with Crippen molar-refractivity contribution < 1.29 is 14.3 Å². The summed E-state index contributed by atoms with van der Waals surface area (Å²) in [6, 6.07) is 8.12. The number of carbonyl (C=O) groups excluding carboxylic acids is 2. The molecule has 1 aliphatic heterocycles. The van der Waals surface area contributed by atoms with Crippen molar-refractivity contribution in [2.24, 2.45) is 0 Å². The molecule has 1 aromatic carbocycles. The van der Waals surface area contributed by atoms with Crippen LogP contribution >= 0.6 is 0 Å². The third-order valence-electron chi connectivity index (χ3n) is 4.79. The summed E-state index contributed by atoms with van der Waals surface area (Å²) in [6.07, 6.45) is 5.53. The first-order chi connectivity index (χ1) is 12.6. The molecule has 1 saturated heterocycles. The number of nitrogens with one attached hydrogen (secondary N) is 1. The standard InChI is InChI=1S/C21H32N2O3/c1-3-4-7-21(25)23-14-12-18(13-15-23)22-20(24)6-5-16-26-19-10-8-17(2)9-11-19/h8-11,18H,3-7,12-16H2,1-2H3,(H,22,24). The van der Waals surface area contributed by atoms with Gasteiger partial charge in [-0.3, -0.25) is 9.59 Å². The number of nitrogens with zero attached hydrogens (tertiary/aromatic N) is 1. The maximum absolute atomic E-state index is 12.1. The van der Waals surface area contributed by atoms with E-state index in [0.29, 0.717) is 25.9 Å². The summed E-state index contributed by atoms with van der Waals surface area (Å²) >= 11 is 0. The lowest BCUT2D eigenvalue weighted by Gasteiger charge is -2.32. The minimum Gasteiger partial charge on any atom is -0.494 e. The Morgan fingerprint density at radius 1 is 1.12 bits per heavy atom. The van der Waals surface area contributed by atoms with Crippen molar-refractivity contribution >= 4 is 11.8 Å². The molecule has 144 valence electrons. The predicted octanol–water partition coefficient (Wildman–Crippen LogP) is 3.45. The lowest BCUT2D eigenvalue weighted by molar-refractivity contribution is -0.132. The van der Waals surface area contributed by atoms with E-state index in [2.05, 4.69) is 12.2 Å². The number of carbonyl (C=O) groups is 2. The van der Waals surface area contributed by atoms with E-state index in [1.165, 1.54) is 5.56 Å². The molecule has 2 rings (SSSR count). The van der Waals surface area contributed by atoms with Gasteiger partial charge in [-0.15, -0.1) is 0 Å². The van der Waals surface area contributed by atoms with Gasteiger partial charge in [-0.25, -0.2) is 0 Å². The zero-order chi connectivity index (χ0) is 18.8. The number of hydrogen-bond acceptors (Lipinski definition) is 3. The summed E-state index contributed by atoms with van der Waals surface area (Å²) in [5.41, 5.74) is 1.20. The Kier molecular flexibility index (Phi) is 8.45. The van der Waals surface area contributed by atoms with E-state index in [1.54, 1.807) is 0 Å². The molecule has 0 spiro atoms. The minimum atomic E-state index is 0.0771. The molecule has 5 nitrogen and oxygen atoms in total. The van der Waals surface area contributed by atoms with Gasteiger partial charge < -0.3 is 15.0 Å². The van der Waals surface area contributed by atoms with Crippen molar-refractivity contribution in [3.8, 4) is 5.75 Å². The molecule has 5 heteroatoms. The van der Waals surface area contributed by atoms with Crippen LogP contribution in [0.25, 0.3) is 0 Å². The molecule has 1 aromatic rings. The molecule has 1 N–H and O–H groups in total. The number of hydrogen-bond donors (Lipinski definition) is 1. The van der Waals surface area contributed by atoms with Gasteiger partial charge in [0, 0.05) is 32.0 Å². The Morgan fingerprint density at radius 3 is 2.46 bits per heavy atom. The van der Waals surface area contributed by atoms with Crippen LogP contribution in [0.2, 0.25) is 0 Å². The molecular formula is C21H32N2O3. The number of aryl methyl sites for hydroxylation is 1. The Bertz CT molecular complexity index is 563. The summed E-state index contributed by atoms with van der Waals surface area (Å²) in [6.45, 7) is 6.19. The number of amides is 2. The number of unbranched alkanes of at least 4 members (excludes halogenated alkanes) is 1. The SMILES string of the molecule is CCCCC(=O)N1CCC(NC(=O)CCCOc2ccc(C)cc2)CC1. The molecule has 0 aromatic heterocycles. The molecular weight excluding hydrogens is 328 g/mol. The minimum absolute atomic E-state index is 0.0771. The zero-order valence-corrected chi connectivity index (χ0v) is 16.1. The molecule has 0 saturated carbocycles. The zero-order valence-electron chi connectivity index (χ0n) is 16.1. The van der Waals surface area contributed by atoms with Crippen molar-refractivity contribution in [2.75, 3.05) is 19.7 Å². The van der Waals surface area contributed by atoms with Crippen LogP contribution < -0.4 is 10.1 Å². The lowest BCUT2D eigenvalue weighted by atomic mass is 10.0. The quantitative estimate of drug-likeness (QED) is 0.686. The Labute approximate surface area is 157 Å². The Balaban J connectivity index is 1.57. The maximum atomic E-state index is 12.1. The second-order valence-electron chi connectivity index (χ2n) is 7.09. The van der Waals surface area contributed by atoms with Crippen LogP contribution in [0, 0.1) is 6.92 Å². The van der Waals surface area contributed by atoms with Gasteiger partial charge in [-0.1, -0.05) is 31.0 Å². The highest BCUT2D eigenvalue weighted by Crippen LogP contribution is 2.14. The van der Waals surface area contributed by atoms with Crippen molar-refractivity contribution in [3.63, 3.8) is 0 Å². The average molecular weight is 360 g/mol. The average Bonchev–Trinajstić information content (AvgIpc) is 2.65. The smallest absolute Gasteiger partial charge is 0.222 e. The summed E-state index contributed by atoms with van der Waals surface area (Å²) in [4.78, 5) is 26.0. The maximum Gasteiger partial charge on any atom is 0.222 e. The van der Waals surface area contributed by atoms with Gasteiger partial charge in [0.15, 0.2) is 0 Å².